The summed E-state index contributed by atoms with van der Waals surface area (Å²) in [6.45, 7) is 8.22. The zero-order valence-electron chi connectivity index (χ0n) is 14.8. The number of pyridine rings is 1. The second-order valence-corrected chi connectivity index (χ2v) is 7.06. The van der Waals surface area contributed by atoms with E-state index in [1.54, 1.807) is 11.0 Å². The Hall–Kier alpha value is -2.27. The number of hydrogen-bond donors (Lipinski definition) is 1. The van der Waals surface area contributed by atoms with Gasteiger partial charge in [-0.1, -0.05) is 17.7 Å². The number of fused-ring (bicyclic) bond motifs is 1. The molecule has 1 N–H and O–H groups in total. The molecule has 2 aromatic rings. The van der Waals surface area contributed by atoms with E-state index < -0.39 is 0 Å². The molecular weight excluding hydrogens is 340 g/mol. The lowest BCUT2D eigenvalue weighted by Gasteiger charge is -2.17. The second-order valence-electron chi connectivity index (χ2n) is 6.68. The van der Waals surface area contributed by atoms with Crippen molar-refractivity contribution in [3.05, 3.63) is 61.5 Å². The van der Waals surface area contributed by atoms with E-state index in [9.17, 15) is 9.59 Å². The number of amides is 1. The van der Waals surface area contributed by atoms with Crippen LogP contribution in [-0.2, 0) is 13.1 Å². The van der Waals surface area contributed by atoms with Crippen molar-refractivity contribution in [2.75, 3.05) is 0 Å². The number of rotatable bonds is 4. The third kappa shape index (κ3) is 3.29. The highest BCUT2D eigenvalue weighted by Crippen LogP contribution is 2.37. The minimum atomic E-state index is -0.173. The standard InChI is InChI=1S/C19H21ClN2O3/c1-10(2)25-15-6-5-13-8-22(19(24)16(13)17(15)20)9-14-11(3)7-12(4)21-18(14)23/h5-7,10H,8-9H2,1-4H3,(H,21,23). The van der Waals surface area contributed by atoms with Crippen molar-refractivity contribution in [3.8, 4) is 5.75 Å². The summed E-state index contributed by atoms with van der Waals surface area (Å²) >= 11 is 6.40. The van der Waals surface area contributed by atoms with Crippen LogP contribution in [0.15, 0.2) is 23.0 Å². The number of carbonyl (C=O) groups excluding carboxylic acids is 1. The largest absolute Gasteiger partial charge is 0.489 e. The molecule has 0 saturated carbocycles. The highest BCUT2D eigenvalue weighted by atomic mass is 35.5. The summed E-state index contributed by atoms with van der Waals surface area (Å²) in [4.78, 5) is 29.5. The summed E-state index contributed by atoms with van der Waals surface area (Å²) < 4.78 is 5.67. The summed E-state index contributed by atoms with van der Waals surface area (Å²) in [5.41, 5.74) is 3.45. The van der Waals surface area contributed by atoms with Gasteiger partial charge in [0.15, 0.2) is 0 Å². The number of benzene rings is 1. The third-order valence-corrected chi connectivity index (χ3v) is 4.64. The maximum atomic E-state index is 12.8. The van der Waals surface area contributed by atoms with Gasteiger partial charge in [0.25, 0.3) is 11.5 Å². The maximum Gasteiger partial charge on any atom is 0.256 e. The number of H-pyrrole nitrogens is 1. The molecule has 0 atom stereocenters. The quantitative estimate of drug-likeness (QED) is 0.906. The molecule has 1 aromatic carbocycles. The van der Waals surface area contributed by atoms with Gasteiger partial charge < -0.3 is 14.6 Å². The Bertz CT molecular complexity index is 902. The normalized spacial score (nSPS) is 13.5. The molecule has 1 amide bonds. The van der Waals surface area contributed by atoms with Crippen molar-refractivity contribution in [2.24, 2.45) is 0 Å². The molecule has 1 aromatic heterocycles. The fraction of sp³-hybridized carbons (Fsp3) is 0.368. The number of aromatic amines is 1. The molecule has 0 bridgehead atoms. The summed E-state index contributed by atoms with van der Waals surface area (Å²) in [7, 11) is 0. The van der Waals surface area contributed by atoms with Crippen LogP contribution < -0.4 is 10.3 Å². The van der Waals surface area contributed by atoms with Gasteiger partial charge >= 0.3 is 0 Å². The van der Waals surface area contributed by atoms with Crippen LogP contribution in [0, 0.1) is 13.8 Å². The monoisotopic (exact) mass is 360 g/mol. The van der Waals surface area contributed by atoms with E-state index in [1.165, 1.54) is 0 Å². The van der Waals surface area contributed by atoms with Crippen LogP contribution in [0.2, 0.25) is 5.02 Å². The van der Waals surface area contributed by atoms with E-state index in [1.807, 2.05) is 39.8 Å². The first-order valence-corrected chi connectivity index (χ1v) is 8.62. The number of halogens is 1. The zero-order valence-corrected chi connectivity index (χ0v) is 15.5. The first-order chi connectivity index (χ1) is 11.8. The molecule has 25 heavy (non-hydrogen) atoms. The molecular formula is C19H21ClN2O3. The molecule has 1 aliphatic rings. The van der Waals surface area contributed by atoms with Crippen molar-refractivity contribution >= 4 is 17.5 Å². The molecule has 0 spiro atoms. The molecule has 2 heterocycles. The van der Waals surface area contributed by atoms with Crippen LogP contribution in [0.1, 0.15) is 46.6 Å². The van der Waals surface area contributed by atoms with E-state index >= 15 is 0 Å². The first kappa shape index (κ1) is 17.5. The van der Waals surface area contributed by atoms with Gasteiger partial charge in [0, 0.05) is 17.8 Å². The molecule has 3 rings (SSSR count). The molecule has 0 fully saturated rings. The van der Waals surface area contributed by atoms with Gasteiger partial charge in [-0.15, -0.1) is 0 Å². The van der Waals surface area contributed by atoms with Crippen LogP contribution in [0.3, 0.4) is 0 Å². The van der Waals surface area contributed by atoms with Crippen molar-refractivity contribution in [1.82, 2.24) is 9.88 Å². The Balaban J connectivity index is 1.91. The van der Waals surface area contributed by atoms with Crippen LogP contribution >= 0.6 is 11.6 Å². The van der Waals surface area contributed by atoms with Crippen molar-refractivity contribution < 1.29 is 9.53 Å². The van der Waals surface area contributed by atoms with Crippen LogP contribution in [0.5, 0.6) is 5.75 Å². The van der Waals surface area contributed by atoms with Crippen LogP contribution in [0.25, 0.3) is 0 Å². The Labute approximate surface area is 151 Å². The highest BCUT2D eigenvalue weighted by Gasteiger charge is 2.32. The number of nitrogens with one attached hydrogen (secondary N) is 1. The third-order valence-electron chi connectivity index (χ3n) is 4.26. The highest BCUT2D eigenvalue weighted by molar-refractivity contribution is 6.35. The molecule has 1 aliphatic heterocycles. The van der Waals surface area contributed by atoms with E-state index in [-0.39, 0.29) is 24.1 Å². The average Bonchev–Trinajstić information content (AvgIpc) is 2.82. The summed E-state index contributed by atoms with van der Waals surface area (Å²) in [6.07, 6.45) is -0.0306. The Kier molecular flexibility index (Phi) is 4.60. The lowest BCUT2D eigenvalue weighted by molar-refractivity contribution is 0.0765. The topological polar surface area (TPSA) is 62.4 Å². The molecule has 0 saturated heterocycles. The fourth-order valence-corrected chi connectivity index (χ4v) is 3.45. The number of hydrogen-bond acceptors (Lipinski definition) is 3. The van der Waals surface area contributed by atoms with Gasteiger partial charge in [-0.3, -0.25) is 9.59 Å². The molecule has 0 radical (unpaired) electrons. The van der Waals surface area contributed by atoms with Gasteiger partial charge in [0.2, 0.25) is 0 Å². The average molecular weight is 361 g/mol. The summed E-state index contributed by atoms with van der Waals surface area (Å²) in [6, 6.07) is 5.57. The minimum absolute atomic E-state index is 0.0306. The van der Waals surface area contributed by atoms with Gasteiger partial charge in [-0.2, -0.15) is 0 Å². The SMILES string of the molecule is Cc1cc(C)c(CN2Cc3ccc(OC(C)C)c(Cl)c3C2=O)c(=O)[nH]1. The summed E-state index contributed by atoms with van der Waals surface area (Å²) in [5.74, 6) is 0.337. The van der Waals surface area contributed by atoms with E-state index in [4.69, 9.17) is 16.3 Å². The predicted octanol–water partition coefficient (Wildman–Crippen LogP) is 3.59. The maximum absolute atomic E-state index is 12.8. The van der Waals surface area contributed by atoms with Crippen molar-refractivity contribution in [1.29, 1.82) is 0 Å². The van der Waals surface area contributed by atoms with Crippen LogP contribution in [-0.4, -0.2) is 21.9 Å². The Morgan fingerprint density at radius 3 is 2.64 bits per heavy atom. The first-order valence-electron chi connectivity index (χ1n) is 8.24. The number of nitrogens with zero attached hydrogens (tertiary/aromatic N) is 1. The number of aryl methyl sites for hydroxylation is 2. The predicted molar refractivity (Wildman–Crippen MR) is 97.3 cm³/mol. The number of carbonyl (C=O) groups is 1. The number of ether oxygens (including phenoxy) is 1. The van der Waals surface area contributed by atoms with Gasteiger partial charge in [0.1, 0.15) is 5.75 Å². The molecule has 132 valence electrons. The fourth-order valence-electron chi connectivity index (χ4n) is 3.14. The zero-order chi connectivity index (χ0) is 18.3. The lowest BCUT2D eigenvalue weighted by Crippen LogP contribution is -2.28. The molecule has 6 heteroatoms. The number of aromatic nitrogens is 1. The van der Waals surface area contributed by atoms with Crippen LogP contribution in [0.4, 0.5) is 0 Å². The van der Waals surface area contributed by atoms with E-state index in [2.05, 4.69) is 4.98 Å². The van der Waals surface area contributed by atoms with Gasteiger partial charge in [0.05, 0.1) is 23.2 Å². The van der Waals surface area contributed by atoms with E-state index in [0.717, 1.165) is 16.8 Å². The Morgan fingerprint density at radius 2 is 2.00 bits per heavy atom. The van der Waals surface area contributed by atoms with Gasteiger partial charge in [-0.05, 0) is 51.0 Å². The molecule has 0 unspecified atom stereocenters. The summed E-state index contributed by atoms with van der Waals surface area (Å²) in [5, 5.41) is 0.341. The lowest BCUT2D eigenvalue weighted by atomic mass is 10.1. The Morgan fingerprint density at radius 1 is 1.28 bits per heavy atom. The smallest absolute Gasteiger partial charge is 0.256 e. The van der Waals surface area contributed by atoms with Crippen molar-refractivity contribution in [2.45, 2.75) is 46.9 Å². The minimum Gasteiger partial charge on any atom is -0.489 e. The molecule has 0 aliphatic carbocycles. The molecule has 5 nitrogen and oxygen atoms in total. The second kappa shape index (κ2) is 6.56. The van der Waals surface area contributed by atoms with Gasteiger partial charge in [-0.25, -0.2) is 0 Å². The van der Waals surface area contributed by atoms with Crippen molar-refractivity contribution in [3.63, 3.8) is 0 Å². The van der Waals surface area contributed by atoms with E-state index in [0.29, 0.717) is 28.4 Å².